The van der Waals surface area contributed by atoms with E-state index in [1.165, 1.54) is 20.9 Å². The molecule has 0 saturated heterocycles. The Hall–Kier alpha value is -3.04. The van der Waals surface area contributed by atoms with Gasteiger partial charge in [-0.1, -0.05) is 60.7 Å². The molecule has 0 aromatic heterocycles. The van der Waals surface area contributed by atoms with Crippen LogP contribution < -0.4 is 4.74 Å². The largest absolute Gasteiger partial charge is 0.484 e. The van der Waals surface area contributed by atoms with Crippen molar-refractivity contribution in [3.05, 3.63) is 120 Å². The molecule has 1 aliphatic rings. The molecule has 0 radical (unpaired) electrons. The van der Waals surface area contributed by atoms with Gasteiger partial charge in [0.1, 0.15) is 5.60 Å². The van der Waals surface area contributed by atoms with Crippen LogP contribution >= 0.6 is 0 Å². The second kappa shape index (κ2) is 9.07. The number of benzene rings is 4. The van der Waals surface area contributed by atoms with Crippen molar-refractivity contribution in [2.75, 3.05) is 0 Å². The van der Waals surface area contributed by atoms with Gasteiger partial charge in [-0.2, -0.15) is 0 Å². The van der Waals surface area contributed by atoms with Crippen molar-refractivity contribution in [1.29, 1.82) is 0 Å². The topological polar surface area (TPSA) is 9.23 Å². The lowest BCUT2D eigenvalue weighted by Crippen LogP contribution is -2.35. The molecule has 0 fully saturated rings. The number of ether oxygens (including phenoxy) is 1. The second-order valence-electron chi connectivity index (χ2n) is 9.02. The van der Waals surface area contributed by atoms with Crippen molar-refractivity contribution in [3.63, 3.8) is 0 Å². The Kier molecular flexibility index (Phi) is 5.99. The van der Waals surface area contributed by atoms with E-state index in [0.29, 0.717) is 5.75 Å². The van der Waals surface area contributed by atoms with Gasteiger partial charge in [0.2, 0.25) is 0 Å². The second-order valence-corrected chi connectivity index (χ2v) is 11.0. The van der Waals surface area contributed by atoms with Crippen molar-refractivity contribution in [2.45, 2.75) is 52.9 Å². The summed E-state index contributed by atoms with van der Waals surface area (Å²) in [6.45, 7) is 4.17. The summed E-state index contributed by atoms with van der Waals surface area (Å²) in [4.78, 5) is 3.45. The molecule has 1 aliphatic carbocycles. The van der Waals surface area contributed by atoms with Crippen LogP contribution in [0.25, 0.3) is 0 Å². The molecule has 0 heterocycles. The first-order valence-corrected chi connectivity index (χ1v) is 12.7. The first-order chi connectivity index (χ1) is 16.0. The van der Waals surface area contributed by atoms with Crippen molar-refractivity contribution < 1.29 is 9.13 Å². The van der Waals surface area contributed by atoms with Crippen LogP contribution in [-0.4, -0.2) is 5.60 Å². The zero-order valence-electron chi connectivity index (χ0n) is 19.0. The number of halogens is 1. The van der Waals surface area contributed by atoms with Gasteiger partial charge in [0.05, 0.1) is 10.9 Å². The Morgan fingerprint density at radius 3 is 2.03 bits per heavy atom. The molecule has 0 spiro atoms. The van der Waals surface area contributed by atoms with E-state index in [4.69, 9.17) is 4.74 Å². The van der Waals surface area contributed by atoms with Gasteiger partial charge in [-0.3, -0.25) is 0 Å². The fourth-order valence-electron chi connectivity index (χ4n) is 4.84. The molecule has 1 atom stereocenters. The van der Waals surface area contributed by atoms with Gasteiger partial charge in [-0.15, -0.1) is 0 Å². The molecular formula is C30H28FOS+. The Morgan fingerprint density at radius 1 is 0.758 bits per heavy atom. The summed E-state index contributed by atoms with van der Waals surface area (Å²) >= 11 is 0. The standard InChI is InChI=1S/C30H28FOS/c1-30(2,27-19-17-22-11-9-10-16-26(22)27)32-29-21-25(18-20-28(29)31)33(23-12-5-3-6-13-23)24-14-7-4-8-15-24/h3-16,18,20-21,27H,17,19H2,1-2H3/q+1. The molecule has 3 heteroatoms. The monoisotopic (exact) mass is 455 g/mol. The zero-order chi connectivity index (χ0) is 22.8. The summed E-state index contributed by atoms with van der Waals surface area (Å²) in [5, 5.41) is 0. The highest BCUT2D eigenvalue weighted by atomic mass is 32.2. The molecule has 0 saturated carbocycles. The number of hydrogen-bond acceptors (Lipinski definition) is 1. The van der Waals surface area contributed by atoms with Gasteiger partial charge in [0, 0.05) is 12.0 Å². The Morgan fingerprint density at radius 2 is 1.36 bits per heavy atom. The van der Waals surface area contributed by atoms with Gasteiger partial charge in [-0.25, -0.2) is 4.39 Å². The lowest BCUT2D eigenvalue weighted by Gasteiger charge is -2.33. The quantitative estimate of drug-likeness (QED) is 0.269. The summed E-state index contributed by atoms with van der Waals surface area (Å²) in [6, 6.07) is 34.7. The molecule has 4 aromatic carbocycles. The third-order valence-electron chi connectivity index (χ3n) is 6.44. The van der Waals surface area contributed by atoms with E-state index in [1.807, 2.05) is 24.3 Å². The predicted molar refractivity (Wildman–Crippen MR) is 134 cm³/mol. The molecule has 0 amide bonds. The van der Waals surface area contributed by atoms with Gasteiger partial charge in [0.25, 0.3) is 0 Å². The van der Waals surface area contributed by atoms with Crippen LogP contribution in [0.5, 0.6) is 5.75 Å². The van der Waals surface area contributed by atoms with Crippen LogP contribution in [0.2, 0.25) is 0 Å². The molecule has 33 heavy (non-hydrogen) atoms. The first kappa shape index (κ1) is 21.8. The Balaban J connectivity index is 1.51. The summed E-state index contributed by atoms with van der Waals surface area (Å²) in [7, 11) is -0.346. The molecule has 0 aliphatic heterocycles. The Bertz CT molecular complexity index is 1200. The minimum Gasteiger partial charge on any atom is -0.484 e. The predicted octanol–water partition coefficient (Wildman–Crippen LogP) is 7.81. The first-order valence-electron chi connectivity index (χ1n) is 11.4. The fourth-order valence-corrected chi connectivity index (χ4v) is 6.95. The van der Waals surface area contributed by atoms with E-state index in [0.717, 1.165) is 17.7 Å². The third-order valence-corrected chi connectivity index (χ3v) is 8.65. The van der Waals surface area contributed by atoms with Crippen LogP contribution in [-0.2, 0) is 17.3 Å². The smallest absolute Gasteiger partial charge is 0.170 e. The van der Waals surface area contributed by atoms with Crippen LogP contribution in [0, 0.1) is 5.82 Å². The van der Waals surface area contributed by atoms with Crippen LogP contribution in [0.1, 0.15) is 37.3 Å². The third kappa shape index (κ3) is 4.43. The van der Waals surface area contributed by atoms with Crippen molar-refractivity contribution in [3.8, 4) is 5.75 Å². The number of rotatable bonds is 6. The average molecular weight is 456 g/mol. The minimum atomic E-state index is -0.524. The fraction of sp³-hybridized carbons (Fsp3) is 0.200. The highest BCUT2D eigenvalue weighted by Crippen LogP contribution is 2.43. The summed E-state index contributed by atoms with van der Waals surface area (Å²) in [6.07, 6.45) is 2.06. The average Bonchev–Trinajstić information content (AvgIpc) is 3.28. The number of fused-ring (bicyclic) bond motifs is 1. The molecule has 1 unspecified atom stereocenters. The number of hydrogen-bond donors (Lipinski definition) is 0. The van der Waals surface area contributed by atoms with Gasteiger partial charge >= 0.3 is 0 Å². The van der Waals surface area contributed by atoms with E-state index in [1.54, 1.807) is 6.07 Å². The van der Waals surface area contributed by atoms with Crippen LogP contribution in [0.4, 0.5) is 4.39 Å². The molecule has 1 nitrogen and oxygen atoms in total. The van der Waals surface area contributed by atoms with E-state index < -0.39 is 5.60 Å². The zero-order valence-corrected chi connectivity index (χ0v) is 19.8. The van der Waals surface area contributed by atoms with Crippen LogP contribution in [0.3, 0.4) is 0 Å². The van der Waals surface area contributed by atoms with E-state index in [-0.39, 0.29) is 22.6 Å². The van der Waals surface area contributed by atoms with Crippen LogP contribution in [0.15, 0.2) is 118 Å². The van der Waals surface area contributed by atoms with Gasteiger partial charge in [0.15, 0.2) is 26.3 Å². The maximum Gasteiger partial charge on any atom is 0.170 e. The molecule has 0 N–H and O–H groups in total. The van der Waals surface area contributed by atoms with Crippen molar-refractivity contribution in [2.24, 2.45) is 0 Å². The summed E-state index contributed by atoms with van der Waals surface area (Å²) in [5.74, 6) is 0.243. The maximum absolute atomic E-state index is 15.0. The highest BCUT2D eigenvalue weighted by Gasteiger charge is 2.38. The lowest BCUT2D eigenvalue weighted by molar-refractivity contribution is 0.0727. The molecule has 4 aromatic rings. The van der Waals surface area contributed by atoms with Crippen molar-refractivity contribution in [1.82, 2.24) is 0 Å². The normalized spacial score (nSPS) is 15.5. The summed E-state index contributed by atoms with van der Waals surface area (Å²) in [5.41, 5.74) is 2.18. The maximum atomic E-state index is 15.0. The highest BCUT2D eigenvalue weighted by molar-refractivity contribution is 7.97. The Labute approximate surface area is 198 Å². The van der Waals surface area contributed by atoms with Gasteiger partial charge in [-0.05, 0) is 74.2 Å². The molecule has 5 rings (SSSR count). The van der Waals surface area contributed by atoms with Crippen molar-refractivity contribution >= 4 is 10.9 Å². The SMILES string of the molecule is CC(C)(Oc1cc([S+](c2ccccc2)c2ccccc2)ccc1F)C1CCc2ccccc21. The molecule has 0 bridgehead atoms. The minimum absolute atomic E-state index is 0.234. The summed E-state index contributed by atoms with van der Waals surface area (Å²) < 4.78 is 21.5. The number of aryl methyl sites for hydroxylation is 1. The van der Waals surface area contributed by atoms with Gasteiger partial charge < -0.3 is 4.74 Å². The van der Waals surface area contributed by atoms with E-state index in [9.17, 15) is 0 Å². The lowest BCUT2D eigenvalue weighted by atomic mass is 9.85. The van der Waals surface area contributed by atoms with E-state index in [2.05, 4.69) is 86.6 Å². The van der Waals surface area contributed by atoms with E-state index >= 15 is 4.39 Å². The molecular weight excluding hydrogens is 427 g/mol. The molecule has 166 valence electrons.